The van der Waals surface area contributed by atoms with Crippen molar-refractivity contribution in [1.29, 1.82) is 0 Å². The highest BCUT2D eigenvalue weighted by Crippen LogP contribution is 2.45. The molecule has 1 aromatic rings. The van der Waals surface area contributed by atoms with E-state index < -0.39 is 5.97 Å². The molecule has 4 nitrogen and oxygen atoms in total. The largest absolute Gasteiger partial charge is 0.478 e. The molecule has 3 N–H and O–H groups in total. The van der Waals surface area contributed by atoms with Crippen LogP contribution >= 0.6 is 11.8 Å². The lowest BCUT2D eigenvalue weighted by molar-refractivity contribution is 0.0694. The highest BCUT2D eigenvalue weighted by atomic mass is 32.2. The van der Waals surface area contributed by atoms with Crippen LogP contribution in [0.25, 0.3) is 0 Å². The predicted octanol–water partition coefficient (Wildman–Crippen LogP) is 2.29. The van der Waals surface area contributed by atoms with E-state index in [1.807, 2.05) is 12.3 Å². The number of carboxylic acid groups (broad SMARTS) is 1. The smallest absolute Gasteiger partial charge is 0.338 e. The molecule has 1 aliphatic carbocycles. The first kappa shape index (κ1) is 13.2. The number of nitrogens with one attached hydrogen (secondary N) is 1. The van der Waals surface area contributed by atoms with E-state index in [0.717, 1.165) is 17.7 Å². The minimum absolute atomic E-state index is 0.0366. The molecule has 0 heterocycles. The van der Waals surface area contributed by atoms with Gasteiger partial charge in [-0.1, -0.05) is 6.07 Å². The van der Waals surface area contributed by atoms with Crippen molar-refractivity contribution in [3.8, 4) is 0 Å². The quantitative estimate of drug-likeness (QED) is 0.690. The summed E-state index contributed by atoms with van der Waals surface area (Å²) in [6.07, 6.45) is 3.86. The lowest BCUT2D eigenvalue weighted by atomic mass is 10.1. The zero-order chi connectivity index (χ0) is 13.2. The van der Waals surface area contributed by atoms with E-state index in [1.54, 1.807) is 12.1 Å². The van der Waals surface area contributed by atoms with E-state index in [0.29, 0.717) is 17.8 Å². The van der Waals surface area contributed by atoms with Gasteiger partial charge in [-0.2, -0.15) is 0 Å². The summed E-state index contributed by atoms with van der Waals surface area (Å²) in [6.45, 7) is 0.784. The van der Waals surface area contributed by atoms with Crippen LogP contribution in [-0.4, -0.2) is 35.6 Å². The summed E-state index contributed by atoms with van der Waals surface area (Å²) in [6, 6.07) is 5.42. The molecule has 0 aliphatic heterocycles. The van der Waals surface area contributed by atoms with Crippen molar-refractivity contribution in [3.05, 3.63) is 23.8 Å². The lowest BCUT2D eigenvalue weighted by Gasteiger charge is -2.16. The second-order valence-electron chi connectivity index (χ2n) is 4.70. The fourth-order valence-corrected chi connectivity index (χ4v) is 2.54. The highest BCUT2D eigenvalue weighted by Gasteiger charge is 2.41. The Labute approximate surface area is 110 Å². The Bertz CT molecular complexity index is 458. The van der Waals surface area contributed by atoms with Gasteiger partial charge in [-0.05, 0) is 31.2 Å². The first-order chi connectivity index (χ1) is 8.62. The third kappa shape index (κ3) is 2.62. The molecule has 0 amide bonds. The number of hydrogen-bond donors (Lipinski definition) is 3. The number of rotatable bonds is 6. The van der Waals surface area contributed by atoms with Crippen molar-refractivity contribution in [1.82, 2.24) is 0 Å². The van der Waals surface area contributed by atoms with E-state index in [4.69, 9.17) is 0 Å². The van der Waals surface area contributed by atoms with Crippen LogP contribution in [0.15, 0.2) is 23.1 Å². The van der Waals surface area contributed by atoms with Gasteiger partial charge in [-0.25, -0.2) is 4.79 Å². The number of aliphatic hydroxyl groups is 1. The maximum absolute atomic E-state index is 11.3. The van der Waals surface area contributed by atoms with E-state index in [2.05, 4.69) is 5.32 Å². The topological polar surface area (TPSA) is 69.6 Å². The maximum Gasteiger partial charge on any atom is 0.338 e. The number of aromatic carboxylic acids is 1. The van der Waals surface area contributed by atoms with Crippen LogP contribution in [0.5, 0.6) is 0 Å². The summed E-state index contributed by atoms with van der Waals surface area (Å²) in [7, 11) is 0. The van der Waals surface area contributed by atoms with Crippen molar-refractivity contribution >= 4 is 23.4 Å². The molecule has 1 aromatic carbocycles. The normalized spacial score (nSPS) is 16.3. The summed E-state index contributed by atoms with van der Waals surface area (Å²) in [5, 5.41) is 21.7. The summed E-state index contributed by atoms with van der Waals surface area (Å²) in [5.74, 6) is -0.920. The first-order valence-electron chi connectivity index (χ1n) is 5.87. The molecule has 0 saturated heterocycles. The SMILES string of the molecule is CSc1cccc(NCC2(CO)CC2)c1C(=O)O. The Morgan fingerprint density at radius 3 is 2.72 bits per heavy atom. The van der Waals surface area contributed by atoms with Crippen LogP contribution in [-0.2, 0) is 0 Å². The number of aliphatic hydroxyl groups excluding tert-OH is 1. The Morgan fingerprint density at radius 1 is 1.50 bits per heavy atom. The predicted molar refractivity (Wildman–Crippen MR) is 72.4 cm³/mol. The maximum atomic E-state index is 11.3. The summed E-state index contributed by atoms with van der Waals surface area (Å²) >= 11 is 1.42. The number of carbonyl (C=O) groups is 1. The Hall–Kier alpha value is -1.20. The Morgan fingerprint density at radius 2 is 2.22 bits per heavy atom. The van der Waals surface area contributed by atoms with Gasteiger partial charge in [0.25, 0.3) is 0 Å². The number of hydrogen-bond acceptors (Lipinski definition) is 4. The average molecular weight is 267 g/mol. The van der Waals surface area contributed by atoms with E-state index >= 15 is 0 Å². The molecular formula is C13H17NO3S. The fourth-order valence-electron chi connectivity index (χ4n) is 1.92. The molecule has 1 aliphatic rings. The molecular weight excluding hydrogens is 250 g/mol. The molecule has 1 fully saturated rings. The van der Waals surface area contributed by atoms with Crippen LogP contribution < -0.4 is 5.32 Å². The highest BCUT2D eigenvalue weighted by molar-refractivity contribution is 7.98. The van der Waals surface area contributed by atoms with E-state index in [1.165, 1.54) is 11.8 Å². The first-order valence-corrected chi connectivity index (χ1v) is 7.09. The van der Waals surface area contributed by atoms with Gasteiger partial charge in [0.1, 0.15) is 0 Å². The van der Waals surface area contributed by atoms with E-state index in [9.17, 15) is 15.0 Å². The summed E-state index contributed by atoms with van der Waals surface area (Å²) < 4.78 is 0. The molecule has 0 aromatic heterocycles. The third-order valence-corrected chi connectivity index (χ3v) is 4.19. The molecule has 0 spiro atoms. The van der Waals surface area contributed by atoms with Crippen LogP contribution in [0.4, 0.5) is 5.69 Å². The van der Waals surface area contributed by atoms with Crippen molar-refractivity contribution in [3.63, 3.8) is 0 Å². The molecule has 2 rings (SSSR count). The van der Waals surface area contributed by atoms with Gasteiger partial charge >= 0.3 is 5.97 Å². The second-order valence-corrected chi connectivity index (χ2v) is 5.55. The van der Waals surface area contributed by atoms with E-state index in [-0.39, 0.29) is 12.0 Å². The van der Waals surface area contributed by atoms with Crippen molar-refractivity contribution < 1.29 is 15.0 Å². The zero-order valence-corrected chi connectivity index (χ0v) is 11.1. The van der Waals surface area contributed by atoms with Gasteiger partial charge in [0.15, 0.2) is 0 Å². The molecule has 18 heavy (non-hydrogen) atoms. The van der Waals surface area contributed by atoms with Gasteiger partial charge in [0.05, 0.1) is 12.2 Å². The van der Waals surface area contributed by atoms with Gasteiger partial charge in [-0.15, -0.1) is 11.8 Å². The second kappa shape index (κ2) is 5.20. The molecule has 5 heteroatoms. The van der Waals surface area contributed by atoms with Gasteiger partial charge in [-0.3, -0.25) is 0 Å². The molecule has 1 saturated carbocycles. The van der Waals surface area contributed by atoms with Gasteiger partial charge in [0, 0.05) is 22.5 Å². The standard InChI is InChI=1S/C13H17NO3S/c1-18-10-4-2-3-9(11(10)12(16)17)14-7-13(8-15)5-6-13/h2-4,14-15H,5-8H2,1H3,(H,16,17). The van der Waals surface area contributed by atoms with Crippen LogP contribution in [0.2, 0.25) is 0 Å². The number of carboxylic acids is 1. The fraction of sp³-hybridized carbons (Fsp3) is 0.462. The average Bonchev–Trinajstić information content (AvgIpc) is 3.16. The van der Waals surface area contributed by atoms with Crippen molar-refractivity contribution in [2.75, 3.05) is 24.7 Å². The minimum Gasteiger partial charge on any atom is -0.478 e. The van der Waals surface area contributed by atoms with Crippen LogP contribution in [0.1, 0.15) is 23.2 Å². The van der Waals surface area contributed by atoms with Crippen molar-refractivity contribution in [2.24, 2.45) is 5.41 Å². The molecule has 0 radical (unpaired) electrons. The number of thioether (sulfide) groups is 1. The molecule has 0 unspecified atom stereocenters. The summed E-state index contributed by atoms with van der Waals surface area (Å²) in [4.78, 5) is 12.1. The summed E-state index contributed by atoms with van der Waals surface area (Å²) in [5.41, 5.74) is 0.915. The Kier molecular flexibility index (Phi) is 3.82. The van der Waals surface area contributed by atoms with Gasteiger partial charge in [0.2, 0.25) is 0 Å². The van der Waals surface area contributed by atoms with Crippen molar-refractivity contribution in [2.45, 2.75) is 17.7 Å². The van der Waals surface area contributed by atoms with Gasteiger partial charge < -0.3 is 15.5 Å². The molecule has 0 bridgehead atoms. The zero-order valence-electron chi connectivity index (χ0n) is 10.3. The van der Waals surface area contributed by atoms with Crippen LogP contribution in [0, 0.1) is 5.41 Å². The Balaban J connectivity index is 2.19. The third-order valence-electron chi connectivity index (χ3n) is 3.41. The minimum atomic E-state index is -0.920. The monoisotopic (exact) mass is 267 g/mol. The number of anilines is 1. The lowest BCUT2D eigenvalue weighted by Crippen LogP contribution is -2.20. The molecule has 0 atom stereocenters. The number of benzene rings is 1. The van der Waals surface area contributed by atoms with Crippen LogP contribution in [0.3, 0.4) is 0 Å². The molecule has 98 valence electrons.